The van der Waals surface area contributed by atoms with Crippen LogP contribution in [0.4, 0.5) is 0 Å². The Balaban J connectivity index is 2.04. The molecule has 6 heteroatoms. The van der Waals surface area contributed by atoms with Gasteiger partial charge in [0.05, 0.1) is 6.54 Å². The lowest BCUT2D eigenvalue weighted by Gasteiger charge is -2.35. The van der Waals surface area contributed by atoms with E-state index in [1.54, 1.807) is 4.31 Å². The van der Waals surface area contributed by atoms with Crippen LogP contribution in [-0.4, -0.2) is 56.8 Å². The van der Waals surface area contributed by atoms with E-state index in [1.165, 1.54) is 4.31 Å². The van der Waals surface area contributed by atoms with Gasteiger partial charge in [0.15, 0.2) is 0 Å². The molecule has 1 saturated heterocycles. The van der Waals surface area contributed by atoms with E-state index < -0.39 is 10.2 Å². The van der Waals surface area contributed by atoms with Gasteiger partial charge in [0, 0.05) is 19.6 Å². The molecule has 0 aromatic rings. The van der Waals surface area contributed by atoms with E-state index in [0.29, 0.717) is 31.5 Å². The molecule has 114 valence electrons. The lowest BCUT2D eigenvalue weighted by atomic mass is 10.00. The van der Waals surface area contributed by atoms with Crippen molar-refractivity contribution in [3.8, 4) is 12.3 Å². The van der Waals surface area contributed by atoms with Gasteiger partial charge in [-0.15, -0.1) is 6.42 Å². The summed E-state index contributed by atoms with van der Waals surface area (Å²) in [5.74, 6) is 3.40. The third-order valence-corrected chi connectivity index (χ3v) is 5.97. The highest BCUT2D eigenvalue weighted by atomic mass is 32.2. The summed E-state index contributed by atoms with van der Waals surface area (Å²) < 4.78 is 28.6. The van der Waals surface area contributed by atoms with Crippen LogP contribution in [0.1, 0.15) is 25.7 Å². The summed E-state index contributed by atoms with van der Waals surface area (Å²) in [6.45, 7) is 2.86. The first-order chi connectivity index (χ1) is 9.57. The Kier molecular flexibility index (Phi) is 5.44. The van der Waals surface area contributed by atoms with Crippen LogP contribution in [0.5, 0.6) is 0 Å². The summed E-state index contributed by atoms with van der Waals surface area (Å²) in [5.41, 5.74) is 0. The van der Waals surface area contributed by atoms with Crippen molar-refractivity contribution in [3.63, 3.8) is 0 Å². The van der Waals surface area contributed by atoms with Crippen molar-refractivity contribution < 1.29 is 8.42 Å². The van der Waals surface area contributed by atoms with Gasteiger partial charge in [-0.3, -0.25) is 0 Å². The third kappa shape index (κ3) is 3.95. The second-order valence-corrected chi connectivity index (χ2v) is 7.80. The van der Waals surface area contributed by atoms with Crippen molar-refractivity contribution in [1.29, 1.82) is 0 Å². The van der Waals surface area contributed by atoms with Gasteiger partial charge in [0.25, 0.3) is 10.2 Å². The third-order valence-electron chi connectivity index (χ3n) is 4.05. The van der Waals surface area contributed by atoms with Crippen LogP contribution in [0.15, 0.2) is 0 Å². The fourth-order valence-corrected chi connectivity index (χ4v) is 4.51. The lowest BCUT2D eigenvalue weighted by Crippen LogP contribution is -2.49. The maximum absolute atomic E-state index is 12.7. The first-order valence-electron chi connectivity index (χ1n) is 7.41. The molecule has 2 rings (SSSR count). The van der Waals surface area contributed by atoms with Crippen LogP contribution in [0.25, 0.3) is 0 Å². The van der Waals surface area contributed by atoms with Crippen molar-refractivity contribution in [3.05, 3.63) is 0 Å². The summed E-state index contributed by atoms with van der Waals surface area (Å²) in [6.07, 6.45) is 9.61. The minimum Gasteiger partial charge on any atom is -0.319 e. The van der Waals surface area contributed by atoms with E-state index in [1.807, 2.05) is 7.05 Å². The summed E-state index contributed by atoms with van der Waals surface area (Å²) in [6, 6.07) is 0. The molecule has 0 amide bonds. The second-order valence-electron chi connectivity index (χ2n) is 5.87. The van der Waals surface area contributed by atoms with E-state index in [2.05, 4.69) is 11.2 Å². The molecule has 0 aromatic heterocycles. The summed E-state index contributed by atoms with van der Waals surface area (Å²) in [7, 11) is -1.49. The quantitative estimate of drug-likeness (QED) is 0.697. The van der Waals surface area contributed by atoms with Gasteiger partial charge in [-0.1, -0.05) is 5.92 Å². The van der Waals surface area contributed by atoms with E-state index in [4.69, 9.17) is 6.42 Å². The van der Waals surface area contributed by atoms with Crippen molar-refractivity contribution in [2.24, 2.45) is 11.8 Å². The van der Waals surface area contributed by atoms with Gasteiger partial charge < -0.3 is 5.32 Å². The van der Waals surface area contributed by atoms with Crippen LogP contribution in [0, 0.1) is 24.2 Å². The maximum atomic E-state index is 12.7. The lowest BCUT2D eigenvalue weighted by molar-refractivity contribution is 0.246. The Morgan fingerprint density at radius 2 is 2.10 bits per heavy atom. The monoisotopic (exact) mass is 299 g/mol. The first kappa shape index (κ1) is 15.8. The van der Waals surface area contributed by atoms with Crippen molar-refractivity contribution in [2.45, 2.75) is 25.7 Å². The smallest absolute Gasteiger partial charge is 0.282 e. The molecule has 20 heavy (non-hydrogen) atoms. The number of nitrogens with zero attached hydrogens (tertiary/aromatic N) is 2. The second kappa shape index (κ2) is 6.90. The van der Waals surface area contributed by atoms with Crippen molar-refractivity contribution in [1.82, 2.24) is 13.9 Å². The Morgan fingerprint density at radius 3 is 2.70 bits per heavy atom. The fourth-order valence-electron chi connectivity index (χ4n) is 2.79. The molecule has 1 heterocycles. The Hall–Kier alpha value is -0.610. The van der Waals surface area contributed by atoms with Crippen LogP contribution < -0.4 is 5.32 Å². The summed E-state index contributed by atoms with van der Waals surface area (Å²) >= 11 is 0. The van der Waals surface area contributed by atoms with Crippen LogP contribution >= 0.6 is 0 Å². The molecule has 1 N–H and O–H groups in total. The molecule has 1 unspecified atom stereocenters. The first-order valence-corrected chi connectivity index (χ1v) is 8.81. The van der Waals surface area contributed by atoms with Gasteiger partial charge in [-0.2, -0.15) is 17.0 Å². The predicted octanol–water partition coefficient (Wildman–Crippen LogP) is 0.508. The highest BCUT2D eigenvalue weighted by Gasteiger charge is 2.36. The highest BCUT2D eigenvalue weighted by Crippen LogP contribution is 2.31. The molecule has 0 aromatic carbocycles. The fraction of sp³-hybridized carbons (Fsp3) is 0.857. The average molecular weight is 299 g/mol. The summed E-state index contributed by atoms with van der Waals surface area (Å²) in [5, 5.41) is 3.14. The highest BCUT2D eigenvalue weighted by molar-refractivity contribution is 7.86. The van der Waals surface area contributed by atoms with Crippen molar-refractivity contribution in [2.75, 3.05) is 39.8 Å². The van der Waals surface area contributed by atoms with Gasteiger partial charge in [-0.05, 0) is 51.1 Å². The van der Waals surface area contributed by atoms with Crippen LogP contribution in [-0.2, 0) is 10.2 Å². The molecule has 1 aliphatic carbocycles. The SMILES string of the molecule is C#CCN(CC1CC1)S(=O)(=O)N1CCCC(CNC)C1. The molecule has 1 aliphatic heterocycles. The zero-order valence-electron chi connectivity index (χ0n) is 12.2. The zero-order chi connectivity index (χ0) is 14.6. The average Bonchev–Trinajstić information content (AvgIpc) is 3.23. The van der Waals surface area contributed by atoms with Gasteiger partial charge in [-0.25, -0.2) is 0 Å². The normalized spacial score (nSPS) is 24.8. The maximum Gasteiger partial charge on any atom is 0.282 e. The topological polar surface area (TPSA) is 52.7 Å². The number of piperidine rings is 1. The molecule has 0 spiro atoms. The number of terminal acetylenes is 1. The standard InChI is InChI=1S/C14H25N3O2S/c1-3-8-16(11-13-6-7-13)20(18,19)17-9-4-5-14(12-17)10-15-2/h1,13-15H,4-12H2,2H3. The van der Waals surface area contributed by atoms with Gasteiger partial charge >= 0.3 is 0 Å². The van der Waals surface area contributed by atoms with Gasteiger partial charge in [0.2, 0.25) is 0 Å². The Bertz CT molecular complexity index is 452. The number of hydrogen-bond acceptors (Lipinski definition) is 3. The summed E-state index contributed by atoms with van der Waals surface area (Å²) in [4.78, 5) is 0. The Labute approximate surface area is 122 Å². The number of rotatable bonds is 7. The minimum absolute atomic E-state index is 0.187. The Morgan fingerprint density at radius 1 is 1.35 bits per heavy atom. The van der Waals surface area contributed by atoms with E-state index >= 15 is 0 Å². The molecule has 5 nitrogen and oxygen atoms in total. The molecule has 1 atom stereocenters. The number of hydrogen-bond donors (Lipinski definition) is 1. The molecule has 2 fully saturated rings. The van der Waals surface area contributed by atoms with Crippen LogP contribution in [0.3, 0.4) is 0 Å². The number of nitrogens with one attached hydrogen (secondary N) is 1. The molecule has 1 saturated carbocycles. The van der Waals surface area contributed by atoms with Crippen LogP contribution in [0.2, 0.25) is 0 Å². The zero-order valence-corrected chi connectivity index (χ0v) is 13.0. The molecular weight excluding hydrogens is 274 g/mol. The minimum atomic E-state index is -3.40. The van der Waals surface area contributed by atoms with E-state index in [9.17, 15) is 8.42 Å². The molecule has 2 aliphatic rings. The largest absolute Gasteiger partial charge is 0.319 e. The molecular formula is C14H25N3O2S. The van der Waals surface area contributed by atoms with E-state index in [-0.39, 0.29) is 6.54 Å². The molecule has 0 bridgehead atoms. The predicted molar refractivity (Wildman–Crippen MR) is 80.3 cm³/mol. The molecule has 0 radical (unpaired) electrons. The van der Waals surface area contributed by atoms with Crippen molar-refractivity contribution >= 4 is 10.2 Å². The van der Waals surface area contributed by atoms with E-state index in [0.717, 1.165) is 32.2 Å². The van der Waals surface area contributed by atoms with Gasteiger partial charge in [0.1, 0.15) is 0 Å².